The van der Waals surface area contributed by atoms with Crippen LogP contribution in [-0.4, -0.2) is 37.5 Å². The largest absolute Gasteiger partial charge is 0.384 e. The van der Waals surface area contributed by atoms with Crippen molar-refractivity contribution in [1.29, 1.82) is 0 Å². The molecule has 3 aromatic heterocycles. The number of fused-ring (bicyclic) bond motifs is 3. The van der Waals surface area contributed by atoms with Crippen LogP contribution in [0.3, 0.4) is 0 Å². The molecule has 4 heterocycles. The van der Waals surface area contributed by atoms with Crippen LogP contribution in [0.1, 0.15) is 31.9 Å². The first kappa shape index (κ1) is 21.1. The molecule has 2 aliphatic rings. The smallest absolute Gasteiger partial charge is 0.163 e. The molecule has 0 spiro atoms. The number of anilines is 2. The van der Waals surface area contributed by atoms with E-state index in [-0.39, 0.29) is 24.2 Å². The monoisotopic (exact) mass is 456 g/mol. The highest BCUT2D eigenvalue weighted by Gasteiger charge is 2.56. The highest BCUT2D eigenvalue weighted by atomic mass is 16.8. The Morgan fingerprint density at radius 3 is 2.71 bits per heavy atom. The highest BCUT2D eigenvalue weighted by molar-refractivity contribution is 5.86. The fraction of sp³-hybridized carbons (Fsp3) is 0.346. The Labute approximate surface area is 197 Å². The summed E-state index contributed by atoms with van der Waals surface area (Å²) in [5.74, 6) is 0.475. The normalized spacial score (nSPS) is 25.9. The number of benzene rings is 1. The zero-order valence-electron chi connectivity index (χ0n) is 19.3. The van der Waals surface area contributed by atoms with Crippen LogP contribution in [0.15, 0.2) is 61.1 Å². The van der Waals surface area contributed by atoms with Gasteiger partial charge in [0.05, 0.1) is 23.0 Å². The predicted octanol–water partition coefficient (Wildman–Crippen LogP) is 4.02. The molecule has 1 aliphatic carbocycles. The van der Waals surface area contributed by atoms with E-state index in [0.29, 0.717) is 11.6 Å². The summed E-state index contributed by atoms with van der Waals surface area (Å²) in [5.41, 5.74) is 16.0. The number of nitrogen functional groups attached to an aromatic ring is 2. The van der Waals surface area contributed by atoms with Gasteiger partial charge >= 0.3 is 0 Å². The van der Waals surface area contributed by atoms with E-state index >= 15 is 0 Å². The molecule has 34 heavy (non-hydrogen) atoms. The van der Waals surface area contributed by atoms with E-state index in [2.05, 4.69) is 44.3 Å². The van der Waals surface area contributed by atoms with Gasteiger partial charge in [0.2, 0.25) is 0 Å². The maximum atomic E-state index is 6.41. The molecule has 8 nitrogen and oxygen atoms in total. The number of aryl methyl sites for hydroxylation is 1. The van der Waals surface area contributed by atoms with E-state index < -0.39 is 5.79 Å². The molecular weight excluding hydrogens is 428 g/mol. The van der Waals surface area contributed by atoms with Crippen LogP contribution in [-0.2, 0) is 15.9 Å². The molecule has 0 bridgehead atoms. The second-order valence-corrected chi connectivity index (χ2v) is 9.71. The first-order chi connectivity index (χ1) is 16.3. The maximum Gasteiger partial charge on any atom is 0.163 e. The molecule has 174 valence electrons. The standard InChI is InChI=1S/C26H28N6O2/c1-14-17(8-5-15-4-6-16-7-9-20(27)31-19(16)12-15)22-23(34-26(2,3)33-22)21(14)32-11-10-18-24(28)29-13-30-25(18)32/h4,6-7,9-13,17,21-23H,1,5,8H2,2-3H3,(H2,27,31)(H2,28,29,30)/t17-,21+,22+,23-/m0/s1. The van der Waals surface area contributed by atoms with Crippen LogP contribution >= 0.6 is 0 Å². The molecule has 4 aromatic rings. The summed E-state index contributed by atoms with van der Waals surface area (Å²) in [4.78, 5) is 13.1. The Kier molecular flexibility index (Phi) is 4.65. The maximum absolute atomic E-state index is 6.41. The van der Waals surface area contributed by atoms with E-state index in [1.54, 1.807) is 0 Å². The third-order valence-electron chi connectivity index (χ3n) is 7.09. The summed E-state index contributed by atoms with van der Waals surface area (Å²) < 4.78 is 14.9. The fourth-order valence-corrected chi connectivity index (χ4v) is 5.57. The average Bonchev–Trinajstić information content (AvgIpc) is 3.42. The summed E-state index contributed by atoms with van der Waals surface area (Å²) in [6.07, 6.45) is 5.02. The molecule has 4 N–H and O–H groups in total. The quantitative estimate of drug-likeness (QED) is 0.446. The van der Waals surface area contributed by atoms with Crippen molar-refractivity contribution in [2.24, 2.45) is 5.92 Å². The number of rotatable bonds is 4. The Morgan fingerprint density at radius 1 is 1.06 bits per heavy atom. The van der Waals surface area contributed by atoms with Gasteiger partial charge < -0.3 is 25.5 Å². The number of ether oxygens (including phenoxy) is 2. The van der Waals surface area contributed by atoms with Gasteiger partial charge in [0.15, 0.2) is 5.79 Å². The number of aromatic nitrogens is 4. The van der Waals surface area contributed by atoms with Crippen molar-refractivity contribution in [1.82, 2.24) is 19.5 Å². The Balaban J connectivity index is 1.32. The van der Waals surface area contributed by atoms with Gasteiger partial charge in [-0.25, -0.2) is 15.0 Å². The average molecular weight is 457 g/mol. The van der Waals surface area contributed by atoms with E-state index in [9.17, 15) is 0 Å². The molecule has 8 heteroatoms. The number of pyridine rings is 1. The van der Waals surface area contributed by atoms with Crippen LogP contribution in [0, 0.1) is 5.92 Å². The highest BCUT2D eigenvalue weighted by Crippen LogP contribution is 2.51. The van der Waals surface area contributed by atoms with Crippen molar-refractivity contribution < 1.29 is 9.47 Å². The minimum absolute atomic E-state index is 0.0849. The lowest BCUT2D eigenvalue weighted by Crippen LogP contribution is -2.27. The molecule has 1 saturated carbocycles. The van der Waals surface area contributed by atoms with Gasteiger partial charge in [-0.1, -0.05) is 18.7 Å². The van der Waals surface area contributed by atoms with Crippen molar-refractivity contribution in [3.8, 4) is 0 Å². The lowest BCUT2D eigenvalue weighted by Gasteiger charge is -2.26. The summed E-state index contributed by atoms with van der Waals surface area (Å²) in [6, 6.07) is 12.1. The van der Waals surface area contributed by atoms with E-state index in [0.717, 1.165) is 40.4 Å². The molecule has 0 amide bonds. The molecule has 0 radical (unpaired) electrons. The van der Waals surface area contributed by atoms with Crippen LogP contribution in [0.4, 0.5) is 11.6 Å². The molecule has 6 rings (SSSR count). The second-order valence-electron chi connectivity index (χ2n) is 9.71. The van der Waals surface area contributed by atoms with E-state index in [1.807, 2.05) is 38.2 Å². The zero-order valence-corrected chi connectivity index (χ0v) is 19.3. The minimum Gasteiger partial charge on any atom is -0.384 e. The second kappa shape index (κ2) is 7.51. The van der Waals surface area contributed by atoms with E-state index in [4.69, 9.17) is 20.9 Å². The number of hydrogen-bond acceptors (Lipinski definition) is 7. The number of nitrogens with zero attached hydrogens (tertiary/aromatic N) is 4. The van der Waals surface area contributed by atoms with Crippen molar-refractivity contribution in [2.45, 2.75) is 50.7 Å². The molecule has 2 fully saturated rings. The Morgan fingerprint density at radius 2 is 1.85 bits per heavy atom. The molecule has 1 aliphatic heterocycles. The predicted molar refractivity (Wildman–Crippen MR) is 132 cm³/mol. The van der Waals surface area contributed by atoms with Crippen molar-refractivity contribution >= 4 is 33.6 Å². The van der Waals surface area contributed by atoms with Gasteiger partial charge in [-0.2, -0.15) is 0 Å². The van der Waals surface area contributed by atoms with Gasteiger partial charge in [-0.15, -0.1) is 0 Å². The Bertz CT molecular complexity index is 1430. The lowest BCUT2D eigenvalue weighted by atomic mass is 9.92. The molecule has 1 saturated heterocycles. The zero-order chi connectivity index (χ0) is 23.6. The van der Waals surface area contributed by atoms with Crippen LogP contribution in [0.25, 0.3) is 21.9 Å². The van der Waals surface area contributed by atoms with Crippen molar-refractivity contribution in [3.05, 3.63) is 66.6 Å². The van der Waals surface area contributed by atoms with Gasteiger partial charge in [0, 0.05) is 17.5 Å². The third kappa shape index (κ3) is 3.33. The fourth-order valence-electron chi connectivity index (χ4n) is 5.57. The van der Waals surface area contributed by atoms with Crippen molar-refractivity contribution in [3.63, 3.8) is 0 Å². The first-order valence-corrected chi connectivity index (χ1v) is 11.6. The molecule has 4 atom stereocenters. The molecule has 0 unspecified atom stereocenters. The molecule has 1 aromatic carbocycles. The summed E-state index contributed by atoms with van der Waals surface area (Å²) >= 11 is 0. The van der Waals surface area contributed by atoms with E-state index in [1.165, 1.54) is 11.9 Å². The van der Waals surface area contributed by atoms with Gasteiger partial charge in [-0.05, 0) is 62.1 Å². The summed E-state index contributed by atoms with van der Waals surface area (Å²) in [5, 5.41) is 1.91. The van der Waals surface area contributed by atoms with Crippen molar-refractivity contribution in [2.75, 3.05) is 11.5 Å². The topological polar surface area (TPSA) is 114 Å². The van der Waals surface area contributed by atoms with Gasteiger partial charge in [0.1, 0.15) is 29.7 Å². The molecular formula is C26H28N6O2. The van der Waals surface area contributed by atoms with Crippen LogP contribution < -0.4 is 11.5 Å². The van der Waals surface area contributed by atoms with Crippen LogP contribution in [0.2, 0.25) is 0 Å². The van der Waals surface area contributed by atoms with Gasteiger partial charge in [0.25, 0.3) is 0 Å². The first-order valence-electron chi connectivity index (χ1n) is 11.6. The van der Waals surface area contributed by atoms with Gasteiger partial charge in [-0.3, -0.25) is 0 Å². The number of hydrogen-bond donors (Lipinski definition) is 2. The third-order valence-corrected chi connectivity index (χ3v) is 7.09. The lowest BCUT2D eigenvalue weighted by molar-refractivity contribution is -0.156. The Hall–Kier alpha value is -3.49. The minimum atomic E-state index is -0.659. The summed E-state index contributed by atoms with van der Waals surface area (Å²) in [6.45, 7) is 8.46. The SMILES string of the molecule is C=C1[C@@H](n2ccc3c(N)ncnc32)[C@@H]2OC(C)(C)O[C@@H]2[C@H]1CCc1ccc2ccc(N)nc2c1. The summed E-state index contributed by atoms with van der Waals surface area (Å²) in [7, 11) is 0. The van der Waals surface area contributed by atoms with Crippen LogP contribution in [0.5, 0.6) is 0 Å². The number of nitrogens with two attached hydrogens (primary N) is 2.